The maximum Gasteiger partial charge on any atom is 0.573 e. The van der Waals surface area contributed by atoms with Gasteiger partial charge in [0.2, 0.25) is 10.0 Å². The summed E-state index contributed by atoms with van der Waals surface area (Å²) >= 11 is 0. The molecule has 1 aliphatic heterocycles. The second-order valence-electron chi connectivity index (χ2n) is 6.44. The molecule has 0 atom stereocenters. The van der Waals surface area contributed by atoms with Crippen molar-refractivity contribution < 1.29 is 26.3 Å². The molecule has 2 aromatic carbocycles. The number of benzene rings is 2. The molecule has 0 aliphatic carbocycles. The number of sulfonamides is 1. The van der Waals surface area contributed by atoms with Gasteiger partial charge in [-0.2, -0.15) is 4.31 Å². The predicted octanol–water partition coefficient (Wildman–Crippen LogP) is 3.09. The van der Waals surface area contributed by atoms with Crippen molar-refractivity contribution in [2.24, 2.45) is 0 Å². The van der Waals surface area contributed by atoms with Crippen LogP contribution in [-0.4, -0.2) is 47.2 Å². The van der Waals surface area contributed by atoms with Crippen molar-refractivity contribution in [3.05, 3.63) is 60.8 Å². The molecule has 0 N–H and O–H groups in total. The first-order valence-corrected chi connectivity index (χ1v) is 9.99. The Kier molecular flexibility index (Phi) is 4.79. The lowest BCUT2D eigenvalue weighted by molar-refractivity contribution is -0.274. The molecular weight excluding hydrogens is 409 g/mol. The summed E-state index contributed by atoms with van der Waals surface area (Å²) in [6, 6.07) is 13.4. The molecule has 4 rings (SSSR count). The van der Waals surface area contributed by atoms with Gasteiger partial charge in [0, 0.05) is 18.7 Å². The largest absolute Gasteiger partial charge is 0.573 e. The summed E-state index contributed by atoms with van der Waals surface area (Å²) in [5.41, 5.74) is 1.59. The number of halogens is 3. The summed E-state index contributed by atoms with van der Waals surface area (Å²) in [5, 5.41) is 8.18. The average Bonchev–Trinajstić information content (AvgIpc) is 3.10. The van der Waals surface area contributed by atoms with E-state index in [4.69, 9.17) is 0 Å². The highest BCUT2D eigenvalue weighted by atomic mass is 32.2. The zero-order valence-electron chi connectivity index (χ0n) is 14.8. The molecule has 0 amide bonds. The van der Waals surface area contributed by atoms with Crippen LogP contribution in [0, 0.1) is 0 Å². The molecule has 7 nitrogen and oxygen atoms in total. The van der Waals surface area contributed by atoms with Crippen LogP contribution in [0.25, 0.3) is 11.3 Å². The highest BCUT2D eigenvalue weighted by molar-refractivity contribution is 7.89. The Morgan fingerprint density at radius 2 is 1.66 bits per heavy atom. The quantitative estimate of drug-likeness (QED) is 0.629. The van der Waals surface area contributed by atoms with E-state index < -0.39 is 22.1 Å². The zero-order chi connectivity index (χ0) is 20.6. The third-order valence-corrected chi connectivity index (χ3v) is 6.32. The van der Waals surface area contributed by atoms with Crippen molar-refractivity contribution in [2.45, 2.75) is 17.3 Å². The Balaban J connectivity index is 1.42. The Hall–Kier alpha value is -2.92. The number of ether oxygens (including phenoxy) is 1. The smallest absolute Gasteiger partial charge is 0.406 e. The van der Waals surface area contributed by atoms with Gasteiger partial charge in [0.1, 0.15) is 11.4 Å². The van der Waals surface area contributed by atoms with E-state index in [0.29, 0.717) is 5.69 Å². The normalized spacial score (nSPS) is 15.8. The number of rotatable bonds is 5. The fourth-order valence-corrected chi connectivity index (χ4v) is 4.45. The fourth-order valence-electron chi connectivity index (χ4n) is 2.94. The Bertz CT molecular complexity index is 1090. The standard InChI is InChI=1S/C18H15F3N4O3S/c19-18(20,21)28-15-6-8-16(9-7-15)29(26,27)24-10-14(11-24)25-12-17(22-23-25)13-4-2-1-3-5-13/h1-9,12,14H,10-11H2. The average molecular weight is 424 g/mol. The van der Waals surface area contributed by atoms with E-state index in [9.17, 15) is 21.6 Å². The van der Waals surface area contributed by atoms with Crippen LogP contribution in [0.2, 0.25) is 0 Å². The van der Waals surface area contributed by atoms with Crippen molar-refractivity contribution in [3.8, 4) is 17.0 Å². The number of hydrogen-bond acceptors (Lipinski definition) is 5. The predicted molar refractivity (Wildman–Crippen MR) is 96.4 cm³/mol. The molecule has 2 heterocycles. The Morgan fingerprint density at radius 1 is 1.00 bits per heavy atom. The zero-order valence-corrected chi connectivity index (χ0v) is 15.6. The van der Waals surface area contributed by atoms with Gasteiger partial charge in [0.05, 0.1) is 17.1 Å². The molecule has 0 unspecified atom stereocenters. The number of aromatic nitrogens is 3. The van der Waals surface area contributed by atoms with E-state index in [1.165, 1.54) is 4.31 Å². The minimum Gasteiger partial charge on any atom is -0.406 e. The maximum absolute atomic E-state index is 12.6. The Morgan fingerprint density at radius 3 is 2.28 bits per heavy atom. The minimum absolute atomic E-state index is 0.103. The number of alkyl halides is 3. The Labute approximate surface area is 164 Å². The summed E-state index contributed by atoms with van der Waals surface area (Å²) in [7, 11) is -3.81. The van der Waals surface area contributed by atoms with Gasteiger partial charge in [-0.05, 0) is 24.3 Å². The summed E-state index contributed by atoms with van der Waals surface area (Å²) in [4.78, 5) is -0.103. The molecule has 0 spiro atoms. The first kappa shape index (κ1) is 19.4. The van der Waals surface area contributed by atoms with Gasteiger partial charge in [-0.25, -0.2) is 13.1 Å². The lowest BCUT2D eigenvalue weighted by Crippen LogP contribution is -2.50. The van der Waals surface area contributed by atoms with Crippen molar-refractivity contribution in [1.82, 2.24) is 19.3 Å². The third-order valence-electron chi connectivity index (χ3n) is 4.48. The van der Waals surface area contributed by atoms with Gasteiger partial charge in [0.15, 0.2) is 0 Å². The minimum atomic E-state index is -4.83. The highest BCUT2D eigenvalue weighted by Gasteiger charge is 2.38. The van der Waals surface area contributed by atoms with Crippen LogP contribution in [0.15, 0.2) is 65.7 Å². The molecule has 1 aromatic heterocycles. The van der Waals surface area contributed by atoms with Crippen LogP contribution in [0.3, 0.4) is 0 Å². The summed E-state index contributed by atoms with van der Waals surface area (Å²) in [6.45, 7) is 0.390. The van der Waals surface area contributed by atoms with Crippen LogP contribution >= 0.6 is 0 Å². The second-order valence-corrected chi connectivity index (χ2v) is 8.38. The topological polar surface area (TPSA) is 77.3 Å². The fraction of sp³-hybridized carbons (Fsp3) is 0.222. The number of hydrogen-bond donors (Lipinski definition) is 0. The molecule has 1 fully saturated rings. The molecule has 1 saturated heterocycles. The van der Waals surface area contributed by atoms with E-state index in [0.717, 1.165) is 29.8 Å². The van der Waals surface area contributed by atoms with Gasteiger partial charge in [-0.1, -0.05) is 35.5 Å². The molecular formula is C18H15F3N4O3S. The summed E-state index contributed by atoms with van der Waals surface area (Å²) in [5.74, 6) is -0.478. The van der Waals surface area contributed by atoms with Gasteiger partial charge in [-0.15, -0.1) is 18.3 Å². The molecule has 3 aromatic rings. The van der Waals surface area contributed by atoms with Gasteiger partial charge < -0.3 is 4.74 Å². The molecule has 0 bridgehead atoms. The third kappa shape index (κ3) is 4.10. The highest BCUT2D eigenvalue weighted by Crippen LogP contribution is 2.30. The molecule has 0 saturated carbocycles. The van der Waals surface area contributed by atoms with Crippen LogP contribution in [0.4, 0.5) is 13.2 Å². The SMILES string of the molecule is O=S(=O)(c1ccc(OC(F)(F)F)cc1)N1CC(n2cc(-c3ccccc3)nn2)C1. The summed E-state index contributed by atoms with van der Waals surface area (Å²) < 4.78 is 68.5. The summed E-state index contributed by atoms with van der Waals surface area (Å²) in [6.07, 6.45) is -3.07. The van der Waals surface area contributed by atoms with Crippen LogP contribution in [0.1, 0.15) is 6.04 Å². The van der Waals surface area contributed by atoms with Crippen molar-refractivity contribution >= 4 is 10.0 Å². The lowest BCUT2D eigenvalue weighted by atomic mass is 10.1. The van der Waals surface area contributed by atoms with Crippen molar-refractivity contribution in [1.29, 1.82) is 0 Å². The van der Waals surface area contributed by atoms with E-state index in [1.54, 1.807) is 10.9 Å². The molecule has 0 radical (unpaired) electrons. The van der Waals surface area contributed by atoms with Crippen LogP contribution in [0.5, 0.6) is 5.75 Å². The van der Waals surface area contributed by atoms with E-state index in [2.05, 4.69) is 15.0 Å². The second kappa shape index (κ2) is 7.16. The van der Waals surface area contributed by atoms with Crippen LogP contribution in [-0.2, 0) is 10.0 Å². The van der Waals surface area contributed by atoms with Gasteiger partial charge in [0.25, 0.3) is 0 Å². The van der Waals surface area contributed by atoms with E-state index in [1.807, 2.05) is 30.3 Å². The molecule has 29 heavy (non-hydrogen) atoms. The lowest BCUT2D eigenvalue weighted by Gasteiger charge is -2.37. The molecule has 152 valence electrons. The molecule has 1 aliphatic rings. The van der Waals surface area contributed by atoms with E-state index in [-0.39, 0.29) is 24.0 Å². The van der Waals surface area contributed by atoms with Gasteiger partial charge in [-0.3, -0.25) is 0 Å². The molecule has 11 heteroatoms. The van der Waals surface area contributed by atoms with Crippen molar-refractivity contribution in [2.75, 3.05) is 13.1 Å². The first-order valence-electron chi connectivity index (χ1n) is 8.55. The van der Waals surface area contributed by atoms with E-state index >= 15 is 0 Å². The first-order chi connectivity index (χ1) is 13.7. The van der Waals surface area contributed by atoms with Crippen molar-refractivity contribution in [3.63, 3.8) is 0 Å². The maximum atomic E-state index is 12.6. The number of nitrogens with zero attached hydrogens (tertiary/aromatic N) is 4. The van der Waals surface area contributed by atoms with Crippen LogP contribution < -0.4 is 4.74 Å². The monoisotopic (exact) mass is 424 g/mol. The van der Waals surface area contributed by atoms with Gasteiger partial charge >= 0.3 is 6.36 Å².